The van der Waals surface area contributed by atoms with Gasteiger partial charge >= 0.3 is 0 Å². The summed E-state index contributed by atoms with van der Waals surface area (Å²) in [6.45, 7) is 8.05. The minimum absolute atomic E-state index is 0.0759. The molecule has 0 spiro atoms. The number of nitrogens with one attached hydrogen (secondary N) is 1. The monoisotopic (exact) mass is 353 g/mol. The van der Waals surface area contributed by atoms with Crippen LogP contribution in [0.1, 0.15) is 35.9 Å². The van der Waals surface area contributed by atoms with Crippen LogP contribution >= 0.6 is 0 Å². The highest BCUT2D eigenvalue weighted by Crippen LogP contribution is 2.19. The van der Waals surface area contributed by atoms with Gasteiger partial charge in [0, 0.05) is 31.2 Å². The highest BCUT2D eigenvalue weighted by molar-refractivity contribution is 5.92. The van der Waals surface area contributed by atoms with Crippen LogP contribution in [0.3, 0.4) is 0 Å². The van der Waals surface area contributed by atoms with Gasteiger partial charge in [-0.1, -0.05) is 17.3 Å². The van der Waals surface area contributed by atoms with Crippen LogP contribution in [-0.4, -0.2) is 50.7 Å². The number of amides is 1. The average molecular weight is 353 g/mol. The highest BCUT2D eigenvalue weighted by Gasteiger charge is 2.29. The Balaban J connectivity index is 1.56. The van der Waals surface area contributed by atoms with Crippen LogP contribution in [0.5, 0.6) is 0 Å². The number of piperazine rings is 1. The van der Waals surface area contributed by atoms with Gasteiger partial charge in [-0.05, 0) is 32.9 Å². The Morgan fingerprint density at radius 2 is 2.15 bits per heavy atom. The Kier molecular flexibility index (Phi) is 4.24. The number of carbonyl (C=O) groups is 1. The molecule has 1 fully saturated rings. The van der Waals surface area contributed by atoms with Gasteiger partial charge in [-0.3, -0.25) is 4.79 Å². The minimum Gasteiger partial charge on any atom is -0.359 e. The first-order valence-corrected chi connectivity index (χ1v) is 8.94. The molecule has 26 heavy (non-hydrogen) atoms. The molecule has 2 aromatic heterocycles. The molecule has 7 nitrogen and oxygen atoms in total. The third-order valence-electron chi connectivity index (χ3n) is 4.96. The van der Waals surface area contributed by atoms with E-state index in [1.54, 1.807) is 6.07 Å². The number of hydrogen-bond acceptors (Lipinski definition) is 5. The van der Waals surface area contributed by atoms with Gasteiger partial charge in [0.2, 0.25) is 0 Å². The zero-order chi connectivity index (χ0) is 18.3. The molecular formula is C19H23N5O2. The number of aryl methyl sites for hydroxylation is 1. The van der Waals surface area contributed by atoms with E-state index in [4.69, 9.17) is 4.52 Å². The van der Waals surface area contributed by atoms with E-state index in [0.29, 0.717) is 24.5 Å². The Morgan fingerprint density at radius 3 is 3.00 bits per heavy atom. The molecule has 3 heterocycles. The fourth-order valence-corrected chi connectivity index (χ4v) is 3.49. The van der Waals surface area contributed by atoms with E-state index in [0.717, 1.165) is 23.4 Å². The van der Waals surface area contributed by atoms with Crippen LogP contribution in [0, 0.1) is 6.92 Å². The van der Waals surface area contributed by atoms with Crippen molar-refractivity contribution in [3.63, 3.8) is 0 Å². The van der Waals surface area contributed by atoms with Crippen molar-refractivity contribution in [1.29, 1.82) is 0 Å². The first-order chi connectivity index (χ1) is 12.5. The maximum absolute atomic E-state index is 12.8. The summed E-state index contributed by atoms with van der Waals surface area (Å²) in [5, 5.41) is 7.40. The summed E-state index contributed by atoms with van der Waals surface area (Å²) in [6, 6.07) is 10.1. The molecular weight excluding hydrogens is 330 g/mol. The first kappa shape index (κ1) is 16.8. The molecule has 1 saturated heterocycles. The van der Waals surface area contributed by atoms with Gasteiger partial charge in [-0.25, -0.2) is 4.98 Å². The second-order valence-electron chi connectivity index (χ2n) is 7.03. The van der Waals surface area contributed by atoms with Crippen molar-refractivity contribution in [3.05, 3.63) is 47.6 Å². The Bertz CT molecular complexity index is 944. The van der Waals surface area contributed by atoms with Crippen molar-refractivity contribution < 1.29 is 9.32 Å². The number of aromatic nitrogens is 3. The number of nitrogens with zero attached hydrogens (tertiary/aromatic N) is 4. The van der Waals surface area contributed by atoms with Crippen molar-refractivity contribution in [1.82, 2.24) is 24.9 Å². The number of hydrogen-bond donors (Lipinski definition) is 1. The van der Waals surface area contributed by atoms with Crippen molar-refractivity contribution in [2.75, 3.05) is 13.1 Å². The fourth-order valence-electron chi connectivity index (χ4n) is 3.49. The molecule has 136 valence electrons. The Morgan fingerprint density at radius 1 is 1.35 bits per heavy atom. The van der Waals surface area contributed by atoms with Gasteiger partial charge in [-0.2, -0.15) is 0 Å². The molecule has 1 aliphatic rings. The largest absolute Gasteiger partial charge is 0.359 e. The lowest BCUT2D eigenvalue weighted by Crippen LogP contribution is -2.56. The lowest BCUT2D eigenvalue weighted by molar-refractivity contribution is 0.0605. The number of rotatable bonds is 3. The summed E-state index contributed by atoms with van der Waals surface area (Å²) >= 11 is 0. The summed E-state index contributed by atoms with van der Waals surface area (Å²) < 4.78 is 7.52. The van der Waals surface area contributed by atoms with E-state index in [9.17, 15) is 4.79 Å². The number of imidazole rings is 1. The summed E-state index contributed by atoms with van der Waals surface area (Å²) in [4.78, 5) is 19.2. The van der Waals surface area contributed by atoms with Gasteiger partial charge in [0.1, 0.15) is 5.82 Å². The summed E-state index contributed by atoms with van der Waals surface area (Å²) in [6.07, 6.45) is 0. The van der Waals surface area contributed by atoms with Crippen LogP contribution in [-0.2, 0) is 6.54 Å². The molecule has 4 rings (SSSR count). The molecule has 0 bridgehead atoms. The van der Waals surface area contributed by atoms with Gasteiger partial charge in [0.25, 0.3) is 5.91 Å². The van der Waals surface area contributed by atoms with Crippen LogP contribution in [0.25, 0.3) is 11.0 Å². The average Bonchev–Trinajstić information content (AvgIpc) is 3.22. The molecule has 0 saturated carbocycles. The van der Waals surface area contributed by atoms with Gasteiger partial charge in [0.05, 0.1) is 17.6 Å². The SMILES string of the molecule is Cc1nc2ccccc2n1Cc1cc(C(=O)N2C[C@@H](C)NC[C@@H]2C)no1. The van der Waals surface area contributed by atoms with Crippen LogP contribution in [0.4, 0.5) is 0 Å². The van der Waals surface area contributed by atoms with Crippen molar-refractivity contribution in [3.8, 4) is 0 Å². The smallest absolute Gasteiger partial charge is 0.276 e. The molecule has 1 amide bonds. The Labute approximate surface area is 152 Å². The van der Waals surface area contributed by atoms with E-state index in [-0.39, 0.29) is 18.0 Å². The quantitative estimate of drug-likeness (QED) is 0.781. The number of para-hydroxylation sites is 2. The Hall–Kier alpha value is -2.67. The van der Waals surface area contributed by atoms with Gasteiger partial charge in [-0.15, -0.1) is 0 Å². The summed E-state index contributed by atoms with van der Waals surface area (Å²) in [5.41, 5.74) is 2.35. The first-order valence-electron chi connectivity index (χ1n) is 8.94. The summed E-state index contributed by atoms with van der Waals surface area (Å²) in [7, 11) is 0. The maximum atomic E-state index is 12.8. The van der Waals surface area contributed by atoms with Gasteiger partial charge in [0.15, 0.2) is 11.5 Å². The van der Waals surface area contributed by atoms with Crippen molar-refractivity contribution in [2.24, 2.45) is 0 Å². The second kappa shape index (κ2) is 6.57. The molecule has 2 atom stereocenters. The molecule has 1 aliphatic heterocycles. The minimum atomic E-state index is -0.0759. The number of carbonyl (C=O) groups excluding carboxylic acids is 1. The number of fused-ring (bicyclic) bond motifs is 1. The molecule has 0 radical (unpaired) electrons. The second-order valence-corrected chi connectivity index (χ2v) is 7.03. The molecule has 1 aromatic carbocycles. The normalized spacial score (nSPS) is 20.7. The van der Waals surface area contributed by atoms with Crippen molar-refractivity contribution >= 4 is 16.9 Å². The third kappa shape index (κ3) is 2.99. The van der Waals surface area contributed by atoms with Crippen LogP contribution < -0.4 is 5.32 Å². The lowest BCUT2D eigenvalue weighted by Gasteiger charge is -2.37. The molecule has 7 heteroatoms. The van der Waals surface area contributed by atoms with Crippen molar-refractivity contribution in [2.45, 2.75) is 39.4 Å². The molecule has 0 aliphatic carbocycles. The summed E-state index contributed by atoms with van der Waals surface area (Å²) in [5.74, 6) is 1.48. The van der Waals surface area contributed by atoms with Crippen LogP contribution in [0.2, 0.25) is 0 Å². The standard InChI is InChI=1S/C19H23N5O2/c1-12-10-23(13(2)9-20-12)19(25)17-8-15(26-22-17)11-24-14(3)21-16-6-4-5-7-18(16)24/h4-8,12-13,20H,9-11H2,1-3H3/t12-,13+/m1/s1. The maximum Gasteiger partial charge on any atom is 0.276 e. The van der Waals surface area contributed by atoms with E-state index in [2.05, 4.69) is 26.9 Å². The predicted molar refractivity (Wildman–Crippen MR) is 98.0 cm³/mol. The predicted octanol–water partition coefficient (Wildman–Crippen LogP) is 2.20. The molecule has 3 aromatic rings. The topological polar surface area (TPSA) is 76.2 Å². The highest BCUT2D eigenvalue weighted by atomic mass is 16.5. The van der Waals surface area contributed by atoms with E-state index in [1.807, 2.05) is 43.0 Å². The fraction of sp³-hybridized carbons (Fsp3) is 0.421. The number of benzene rings is 1. The zero-order valence-corrected chi connectivity index (χ0v) is 15.3. The molecule has 0 unspecified atom stereocenters. The van der Waals surface area contributed by atoms with E-state index in [1.165, 1.54) is 0 Å². The lowest BCUT2D eigenvalue weighted by atomic mass is 10.1. The van der Waals surface area contributed by atoms with E-state index < -0.39 is 0 Å². The van der Waals surface area contributed by atoms with E-state index >= 15 is 0 Å². The zero-order valence-electron chi connectivity index (χ0n) is 15.3. The molecule has 1 N–H and O–H groups in total. The third-order valence-corrected chi connectivity index (χ3v) is 4.96. The van der Waals surface area contributed by atoms with Gasteiger partial charge < -0.3 is 19.3 Å². The van der Waals surface area contributed by atoms with Crippen LogP contribution in [0.15, 0.2) is 34.9 Å².